The molecule has 1 aliphatic heterocycles. The van der Waals surface area contributed by atoms with Crippen molar-refractivity contribution in [1.29, 1.82) is 0 Å². The van der Waals surface area contributed by atoms with Crippen LogP contribution in [-0.4, -0.2) is 42.3 Å². The summed E-state index contributed by atoms with van der Waals surface area (Å²) in [5, 5.41) is 0.0260. The van der Waals surface area contributed by atoms with Crippen LogP contribution in [0.2, 0.25) is 5.02 Å². The van der Waals surface area contributed by atoms with Gasteiger partial charge in [-0.25, -0.2) is 9.18 Å². The van der Waals surface area contributed by atoms with Gasteiger partial charge in [0.2, 0.25) is 0 Å². The summed E-state index contributed by atoms with van der Waals surface area (Å²) in [4.78, 5) is 38.9. The summed E-state index contributed by atoms with van der Waals surface area (Å²) < 4.78 is 29.4. The van der Waals surface area contributed by atoms with E-state index in [1.807, 2.05) is 0 Å². The summed E-state index contributed by atoms with van der Waals surface area (Å²) in [6.07, 6.45) is 1.55. The molecule has 0 spiro atoms. The van der Waals surface area contributed by atoms with E-state index in [1.54, 1.807) is 42.5 Å². The molecule has 1 fully saturated rings. The molecule has 7 nitrogen and oxygen atoms in total. The summed E-state index contributed by atoms with van der Waals surface area (Å²) >= 11 is 6.87. The fourth-order valence-electron chi connectivity index (χ4n) is 3.26. The van der Waals surface area contributed by atoms with Crippen LogP contribution in [0.3, 0.4) is 0 Å². The Kier molecular flexibility index (Phi) is 7.92. The van der Waals surface area contributed by atoms with Crippen molar-refractivity contribution in [3.8, 4) is 17.2 Å². The van der Waals surface area contributed by atoms with E-state index in [9.17, 15) is 18.8 Å². The number of imide groups is 1. The molecule has 2 amide bonds. The second kappa shape index (κ2) is 11.3. The van der Waals surface area contributed by atoms with Crippen LogP contribution in [0.5, 0.6) is 17.2 Å². The van der Waals surface area contributed by atoms with Gasteiger partial charge in [-0.15, -0.1) is 0 Å². The van der Waals surface area contributed by atoms with E-state index in [2.05, 4.69) is 0 Å². The molecule has 184 valence electrons. The zero-order valence-corrected chi connectivity index (χ0v) is 20.5. The molecule has 1 aliphatic rings. The van der Waals surface area contributed by atoms with Gasteiger partial charge in [0.25, 0.3) is 11.1 Å². The van der Waals surface area contributed by atoms with Crippen molar-refractivity contribution in [3.05, 3.63) is 93.6 Å². The molecule has 10 heteroatoms. The topological polar surface area (TPSA) is 82.1 Å². The monoisotopic (exact) mass is 527 g/mol. The number of ether oxygens (including phenoxy) is 3. The molecule has 0 aromatic heterocycles. The smallest absolute Gasteiger partial charge is 0.343 e. The standard InChI is InChI=1S/C26H19ClFNO6S/c1-33-22-14-16(6-11-21(22)35-25(31)17-7-9-18(28)10-8-17)15-23-24(30)29(26(32)36-23)12-13-34-20-5-3-2-4-19(20)27/h2-11,14-15H,12-13H2,1H3/b23-15-. The minimum Gasteiger partial charge on any atom is -0.493 e. The van der Waals surface area contributed by atoms with E-state index in [1.165, 1.54) is 25.3 Å². The lowest BCUT2D eigenvalue weighted by Crippen LogP contribution is -2.32. The van der Waals surface area contributed by atoms with Crippen LogP contribution < -0.4 is 14.2 Å². The Balaban J connectivity index is 1.43. The molecular formula is C26H19ClFNO6S. The highest BCUT2D eigenvalue weighted by Gasteiger charge is 2.34. The maximum Gasteiger partial charge on any atom is 0.343 e. The fraction of sp³-hybridized carbons (Fsp3) is 0.115. The van der Waals surface area contributed by atoms with E-state index in [4.69, 9.17) is 25.8 Å². The summed E-state index contributed by atoms with van der Waals surface area (Å²) in [5.41, 5.74) is 0.737. The van der Waals surface area contributed by atoms with Crippen molar-refractivity contribution < 1.29 is 33.0 Å². The number of esters is 1. The summed E-state index contributed by atoms with van der Waals surface area (Å²) in [7, 11) is 1.40. The Morgan fingerprint density at radius 3 is 2.50 bits per heavy atom. The molecule has 1 heterocycles. The van der Waals surface area contributed by atoms with Crippen molar-refractivity contribution in [2.45, 2.75) is 0 Å². The molecule has 1 saturated heterocycles. The molecule has 4 rings (SSSR count). The van der Waals surface area contributed by atoms with Gasteiger partial charge in [-0.1, -0.05) is 29.8 Å². The van der Waals surface area contributed by atoms with Crippen LogP contribution in [0.15, 0.2) is 71.6 Å². The van der Waals surface area contributed by atoms with Crippen LogP contribution in [0.25, 0.3) is 6.08 Å². The number of carbonyl (C=O) groups excluding carboxylic acids is 3. The number of carbonyl (C=O) groups is 3. The Hall–Kier alpha value is -3.82. The van der Waals surface area contributed by atoms with Crippen molar-refractivity contribution in [3.63, 3.8) is 0 Å². The van der Waals surface area contributed by atoms with Gasteiger partial charge in [-0.05, 0) is 71.9 Å². The number of para-hydroxylation sites is 1. The molecule has 0 atom stereocenters. The zero-order chi connectivity index (χ0) is 25.7. The lowest BCUT2D eigenvalue weighted by Gasteiger charge is -2.13. The Morgan fingerprint density at radius 1 is 1.03 bits per heavy atom. The molecule has 0 radical (unpaired) electrons. The summed E-state index contributed by atoms with van der Waals surface area (Å²) in [5.74, 6) is -0.736. The van der Waals surface area contributed by atoms with Crippen LogP contribution in [0, 0.1) is 5.82 Å². The maximum atomic E-state index is 13.1. The maximum absolute atomic E-state index is 13.1. The fourth-order valence-corrected chi connectivity index (χ4v) is 4.31. The number of thioether (sulfide) groups is 1. The second-order valence-corrected chi connectivity index (χ2v) is 8.82. The van der Waals surface area contributed by atoms with Gasteiger partial charge in [-0.3, -0.25) is 14.5 Å². The number of halogens is 2. The Morgan fingerprint density at radius 2 is 1.78 bits per heavy atom. The quantitative estimate of drug-likeness (QED) is 0.207. The van der Waals surface area contributed by atoms with Crippen molar-refractivity contribution in [1.82, 2.24) is 4.90 Å². The van der Waals surface area contributed by atoms with Gasteiger partial charge in [0.05, 0.1) is 29.1 Å². The van der Waals surface area contributed by atoms with Crippen LogP contribution >= 0.6 is 23.4 Å². The van der Waals surface area contributed by atoms with Crippen molar-refractivity contribution >= 4 is 46.6 Å². The van der Waals surface area contributed by atoms with E-state index >= 15 is 0 Å². The van der Waals surface area contributed by atoms with Crippen LogP contribution in [0.1, 0.15) is 15.9 Å². The van der Waals surface area contributed by atoms with Gasteiger partial charge >= 0.3 is 5.97 Å². The van der Waals surface area contributed by atoms with E-state index < -0.39 is 22.9 Å². The highest BCUT2D eigenvalue weighted by molar-refractivity contribution is 8.18. The third-order valence-electron chi connectivity index (χ3n) is 5.05. The first-order valence-corrected chi connectivity index (χ1v) is 11.8. The Bertz CT molecular complexity index is 1340. The normalized spacial score (nSPS) is 14.3. The predicted molar refractivity (Wildman–Crippen MR) is 134 cm³/mol. The minimum absolute atomic E-state index is 0.0643. The molecule has 0 bridgehead atoms. The van der Waals surface area contributed by atoms with Crippen LogP contribution in [0.4, 0.5) is 9.18 Å². The first kappa shape index (κ1) is 25.3. The summed E-state index contributed by atoms with van der Waals surface area (Å²) in [6.45, 7) is 0.159. The predicted octanol–water partition coefficient (Wildman–Crippen LogP) is 5.82. The Labute approximate surface area is 215 Å². The van der Waals surface area contributed by atoms with Crippen molar-refractivity contribution in [2.24, 2.45) is 0 Å². The van der Waals surface area contributed by atoms with Crippen molar-refractivity contribution in [2.75, 3.05) is 20.3 Å². The highest BCUT2D eigenvalue weighted by atomic mass is 35.5. The lowest BCUT2D eigenvalue weighted by molar-refractivity contribution is -0.123. The van der Waals surface area contributed by atoms with E-state index in [0.29, 0.717) is 16.3 Å². The van der Waals surface area contributed by atoms with Crippen LogP contribution in [-0.2, 0) is 4.79 Å². The minimum atomic E-state index is -0.679. The largest absolute Gasteiger partial charge is 0.493 e. The number of rotatable bonds is 8. The number of methoxy groups -OCH3 is 1. The number of hydrogen-bond donors (Lipinski definition) is 0. The SMILES string of the molecule is COc1cc(/C=C2\SC(=O)N(CCOc3ccccc3Cl)C2=O)ccc1OC(=O)c1ccc(F)cc1. The number of hydrogen-bond acceptors (Lipinski definition) is 7. The molecule has 0 aliphatic carbocycles. The average molecular weight is 528 g/mol. The molecule has 0 N–H and O–H groups in total. The third kappa shape index (κ3) is 5.87. The number of benzene rings is 3. The first-order chi connectivity index (χ1) is 17.4. The lowest BCUT2D eigenvalue weighted by atomic mass is 10.1. The van der Waals surface area contributed by atoms with Gasteiger partial charge in [0.15, 0.2) is 11.5 Å². The average Bonchev–Trinajstić information content (AvgIpc) is 3.13. The molecule has 0 saturated carbocycles. The molecule has 3 aromatic carbocycles. The van der Waals surface area contributed by atoms with Gasteiger partial charge < -0.3 is 14.2 Å². The summed E-state index contributed by atoms with van der Waals surface area (Å²) in [6, 6.07) is 16.6. The molecular weight excluding hydrogens is 509 g/mol. The molecule has 3 aromatic rings. The van der Waals surface area contributed by atoms with E-state index in [-0.39, 0.29) is 35.1 Å². The number of amides is 2. The first-order valence-electron chi connectivity index (χ1n) is 10.6. The number of nitrogens with zero attached hydrogens (tertiary/aromatic N) is 1. The van der Waals surface area contributed by atoms with Gasteiger partial charge in [0, 0.05) is 0 Å². The molecule has 36 heavy (non-hydrogen) atoms. The molecule has 0 unspecified atom stereocenters. The second-order valence-electron chi connectivity index (χ2n) is 7.42. The van der Waals surface area contributed by atoms with E-state index in [0.717, 1.165) is 28.8 Å². The zero-order valence-electron chi connectivity index (χ0n) is 18.9. The van der Waals surface area contributed by atoms with Gasteiger partial charge in [0.1, 0.15) is 18.2 Å². The third-order valence-corrected chi connectivity index (χ3v) is 6.27. The highest BCUT2D eigenvalue weighted by Crippen LogP contribution is 2.35. The van der Waals surface area contributed by atoms with Gasteiger partial charge in [-0.2, -0.15) is 0 Å².